The van der Waals surface area contributed by atoms with Gasteiger partial charge in [-0.05, 0) is 30.5 Å². The number of benzene rings is 1. The minimum Gasteiger partial charge on any atom is -0.496 e. The van der Waals surface area contributed by atoms with Crippen molar-refractivity contribution in [2.45, 2.75) is 24.9 Å². The predicted octanol–water partition coefficient (Wildman–Crippen LogP) is 3.00. The summed E-state index contributed by atoms with van der Waals surface area (Å²) < 4.78 is 11.2. The van der Waals surface area contributed by atoms with Gasteiger partial charge in [-0.3, -0.25) is 4.98 Å². The van der Waals surface area contributed by atoms with E-state index in [1.165, 1.54) is 11.3 Å². The summed E-state index contributed by atoms with van der Waals surface area (Å²) in [4.78, 5) is 4.62. The van der Waals surface area contributed by atoms with Crippen molar-refractivity contribution in [3.05, 3.63) is 59.9 Å². The first kappa shape index (κ1) is 15.6. The van der Waals surface area contributed by atoms with Crippen molar-refractivity contribution in [1.82, 2.24) is 10.3 Å². The van der Waals surface area contributed by atoms with Gasteiger partial charge in [0.15, 0.2) is 0 Å². The third-order valence-corrected chi connectivity index (χ3v) is 5.49. The zero-order valence-corrected chi connectivity index (χ0v) is 14.0. The molecule has 24 heavy (non-hydrogen) atoms. The summed E-state index contributed by atoms with van der Waals surface area (Å²) in [6.07, 6.45) is 3.06. The summed E-state index contributed by atoms with van der Waals surface area (Å²) in [7, 11) is 1.73. The lowest BCUT2D eigenvalue weighted by molar-refractivity contribution is 0.163. The molecule has 4 nitrogen and oxygen atoms in total. The summed E-state index contributed by atoms with van der Waals surface area (Å²) in [5.41, 5.74) is 2.39. The first-order chi connectivity index (χ1) is 11.9. The van der Waals surface area contributed by atoms with Crippen molar-refractivity contribution in [1.29, 1.82) is 0 Å². The van der Waals surface area contributed by atoms with Crippen LogP contribution in [0.25, 0.3) is 0 Å². The molecule has 0 spiro atoms. The maximum atomic E-state index is 5.74. The van der Waals surface area contributed by atoms with Crippen molar-refractivity contribution in [3.63, 3.8) is 0 Å². The number of para-hydroxylation sites is 1. The topological polar surface area (TPSA) is 43.4 Å². The highest BCUT2D eigenvalue weighted by Gasteiger charge is 2.46. The zero-order valence-electron chi connectivity index (χ0n) is 14.0. The fraction of sp³-hybridized carbons (Fsp3) is 0.450. The molecule has 1 saturated carbocycles. The van der Waals surface area contributed by atoms with Gasteiger partial charge in [0, 0.05) is 48.5 Å². The van der Waals surface area contributed by atoms with Gasteiger partial charge in [-0.15, -0.1) is 0 Å². The molecular weight excluding hydrogens is 300 g/mol. The molecule has 2 aromatic rings. The van der Waals surface area contributed by atoms with Gasteiger partial charge in [0.25, 0.3) is 0 Å². The van der Waals surface area contributed by atoms with Crippen LogP contribution in [0.1, 0.15) is 23.6 Å². The molecular formula is C20H24N2O2. The quantitative estimate of drug-likeness (QED) is 0.918. The second-order valence-electron chi connectivity index (χ2n) is 6.78. The summed E-state index contributed by atoms with van der Waals surface area (Å²) in [6.45, 7) is 2.56. The van der Waals surface area contributed by atoms with Crippen molar-refractivity contribution < 1.29 is 9.47 Å². The molecule has 1 aliphatic heterocycles. The van der Waals surface area contributed by atoms with Crippen LogP contribution >= 0.6 is 0 Å². The Morgan fingerprint density at radius 1 is 1.17 bits per heavy atom. The van der Waals surface area contributed by atoms with Gasteiger partial charge in [0.05, 0.1) is 13.7 Å². The average Bonchev–Trinajstić information content (AvgIpc) is 3.22. The average molecular weight is 324 g/mol. The Balaban J connectivity index is 1.54. The van der Waals surface area contributed by atoms with E-state index in [1.54, 1.807) is 7.11 Å². The number of hydrogen-bond acceptors (Lipinski definition) is 4. The molecule has 1 aliphatic carbocycles. The third-order valence-electron chi connectivity index (χ3n) is 5.49. The van der Waals surface area contributed by atoms with Gasteiger partial charge in [-0.25, -0.2) is 0 Å². The van der Waals surface area contributed by atoms with Crippen LogP contribution in [0.4, 0.5) is 0 Å². The zero-order chi connectivity index (χ0) is 16.4. The van der Waals surface area contributed by atoms with E-state index in [9.17, 15) is 0 Å². The normalized spacial score (nSPS) is 28.7. The Morgan fingerprint density at radius 3 is 2.88 bits per heavy atom. The van der Waals surface area contributed by atoms with Crippen LogP contribution in [0.5, 0.6) is 5.75 Å². The van der Waals surface area contributed by atoms with Crippen LogP contribution in [-0.2, 0) is 11.3 Å². The molecule has 2 fully saturated rings. The molecule has 4 unspecified atom stereocenters. The van der Waals surface area contributed by atoms with E-state index in [4.69, 9.17) is 9.47 Å². The summed E-state index contributed by atoms with van der Waals surface area (Å²) >= 11 is 0. The Kier molecular flexibility index (Phi) is 4.50. The molecule has 1 N–H and O–H groups in total. The van der Waals surface area contributed by atoms with E-state index in [1.807, 2.05) is 24.4 Å². The number of rotatable bonds is 5. The Hall–Kier alpha value is -1.91. The monoisotopic (exact) mass is 324 g/mol. The highest BCUT2D eigenvalue weighted by molar-refractivity contribution is 5.33. The SMILES string of the molecule is COc1ccccc1CNC1C(c2ccccn2)CC2COCC21. The summed E-state index contributed by atoms with van der Waals surface area (Å²) in [6, 6.07) is 14.8. The Morgan fingerprint density at radius 2 is 2.04 bits per heavy atom. The molecule has 4 rings (SSSR count). The molecule has 1 aromatic carbocycles. The summed E-state index contributed by atoms with van der Waals surface area (Å²) in [5.74, 6) is 2.62. The molecule has 0 amide bonds. The number of nitrogens with zero attached hydrogens (tertiary/aromatic N) is 1. The van der Waals surface area contributed by atoms with Crippen LogP contribution in [0, 0.1) is 11.8 Å². The Bertz CT molecular complexity index is 676. The minimum absolute atomic E-state index is 0.400. The second kappa shape index (κ2) is 6.91. The van der Waals surface area contributed by atoms with E-state index in [0.29, 0.717) is 23.8 Å². The first-order valence-corrected chi connectivity index (χ1v) is 8.71. The number of aromatic nitrogens is 1. The molecule has 2 heterocycles. The lowest BCUT2D eigenvalue weighted by atomic mass is 9.94. The van der Waals surface area contributed by atoms with E-state index in [2.05, 4.69) is 34.6 Å². The molecule has 4 atom stereocenters. The van der Waals surface area contributed by atoms with E-state index in [-0.39, 0.29) is 0 Å². The molecule has 0 bridgehead atoms. The van der Waals surface area contributed by atoms with E-state index >= 15 is 0 Å². The maximum absolute atomic E-state index is 5.74. The third kappa shape index (κ3) is 2.92. The van der Waals surface area contributed by atoms with Gasteiger partial charge in [-0.1, -0.05) is 24.3 Å². The molecule has 0 radical (unpaired) electrons. The van der Waals surface area contributed by atoms with Gasteiger partial charge in [0.2, 0.25) is 0 Å². The lowest BCUT2D eigenvalue weighted by Crippen LogP contribution is -2.38. The fourth-order valence-corrected chi connectivity index (χ4v) is 4.30. The highest BCUT2D eigenvalue weighted by Crippen LogP contribution is 2.45. The van der Waals surface area contributed by atoms with Crippen LogP contribution < -0.4 is 10.1 Å². The molecule has 4 heteroatoms. The van der Waals surface area contributed by atoms with Gasteiger partial charge in [0.1, 0.15) is 5.75 Å². The van der Waals surface area contributed by atoms with Gasteiger partial charge < -0.3 is 14.8 Å². The van der Waals surface area contributed by atoms with Crippen molar-refractivity contribution in [3.8, 4) is 5.75 Å². The lowest BCUT2D eigenvalue weighted by Gasteiger charge is -2.25. The van der Waals surface area contributed by atoms with Crippen molar-refractivity contribution in [2.24, 2.45) is 11.8 Å². The number of ether oxygens (including phenoxy) is 2. The molecule has 1 saturated heterocycles. The minimum atomic E-state index is 0.400. The van der Waals surface area contributed by atoms with Crippen molar-refractivity contribution >= 4 is 0 Å². The predicted molar refractivity (Wildman–Crippen MR) is 93.0 cm³/mol. The van der Waals surface area contributed by atoms with Crippen molar-refractivity contribution in [2.75, 3.05) is 20.3 Å². The van der Waals surface area contributed by atoms with Crippen LogP contribution in [0.3, 0.4) is 0 Å². The number of pyridine rings is 1. The van der Waals surface area contributed by atoms with Gasteiger partial charge in [-0.2, -0.15) is 0 Å². The maximum Gasteiger partial charge on any atom is 0.123 e. The first-order valence-electron chi connectivity index (χ1n) is 8.71. The van der Waals surface area contributed by atoms with Crippen LogP contribution in [-0.4, -0.2) is 31.3 Å². The smallest absolute Gasteiger partial charge is 0.123 e. The molecule has 126 valence electrons. The number of hydrogen-bond donors (Lipinski definition) is 1. The number of methoxy groups -OCH3 is 1. The standard InChI is InChI=1S/C20H24N2O2/c1-23-19-8-3-2-6-14(19)11-22-20-16(18-7-4-5-9-21-18)10-15-12-24-13-17(15)20/h2-9,15-17,20,22H,10-13H2,1H3. The van der Waals surface area contributed by atoms with Crippen LogP contribution in [0.2, 0.25) is 0 Å². The molecule has 2 aliphatic rings. The van der Waals surface area contributed by atoms with Crippen LogP contribution in [0.15, 0.2) is 48.7 Å². The Labute approximate surface area is 143 Å². The van der Waals surface area contributed by atoms with E-state index < -0.39 is 0 Å². The van der Waals surface area contributed by atoms with E-state index in [0.717, 1.165) is 31.9 Å². The van der Waals surface area contributed by atoms with Gasteiger partial charge >= 0.3 is 0 Å². The number of nitrogens with one attached hydrogen (secondary N) is 1. The fourth-order valence-electron chi connectivity index (χ4n) is 4.30. The molecule has 1 aromatic heterocycles. The number of fused-ring (bicyclic) bond motifs is 1. The summed E-state index contributed by atoms with van der Waals surface area (Å²) in [5, 5.41) is 3.79. The largest absolute Gasteiger partial charge is 0.496 e. The highest BCUT2D eigenvalue weighted by atomic mass is 16.5. The second-order valence-corrected chi connectivity index (χ2v) is 6.78.